The van der Waals surface area contributed by atoms with Gasteiger partial charge >= 0.3 is 0 Å². The highest BCUT2D eigenvalue weighted by Crippen LogP contribution is 2.25. The maximum Gasteiger partial charge on any atom is 0.244 e. The van der Waals surface area contributed by atoms with E-state index in [9.17, 15) is 9.59 Å². The Bertz CT molecular complexity index is 565. The number of carbonyl (C=O) groups is 2. The number of amides is 2. The molecule has 1 atom stereocenters. The van der Waals surface area contributed by atoms with Crippen molar-refractivity contribution in [1.29, 1.82) is 0 Å². The molecule has 24 heavy (non-hydrogen) atoms. The average molecular weight is 376 g/mol. The minimum atomic E-state index is -0.356. The molecule has 1 unspecified atom stereocenters. The number of nitrogens with one attached hydrogen (secondary N) is 1. The van der Waals surface area contributed by atoms with Crippen LogP contribution in [0.3, 0.4) is 0 Å². The number of anilines is 1. The SMILES string of the molecule is CCCN(CC(=O)Nc1ccc(Cl)cc1Cl)C(=O)CC(CN)OC. The normalized spacial score (nSPS) is 11.9. The summed E-state index contributed by atoms with van der Waals surface area (Å²) < 4.78 is 5.12. The molecule has 6 nitrogen and oxygen atoms in total. The van der Waals surface area contributed by atoms with Gasteiger partial charge in [0.1, 0.15) is 0 Å². The molecule has 0 fully saturated rings. The van der Waals surface area contributed by atoms with Crippen molar-refractivity contribution in [3.63, 3.8) is 0 Å². The molecule has 1 aromatic rings. The van der Waals surface area contributed by atoms with Crippen molar-refractivity contribution >= 4 is 40.7 Å². The number of ether oxygens (including phenoxy) is 1. The molecule has 0 aliphatic heterocycles. The molecular weight excluding hydrogens is 353 g/mol. The van der Waals surface area contributed by atoms with Crippen molar-refractivity contribution in [3.05, 3.63) is 28.2 Å². The maximum absolute atomic E-state index is 12.3. The number of nitrogens with zero attached hydrogens (tertiary/aromatic N) is 1. The molecule has 0 saturated carbocycles. The Kier molecular flexibility index (Phi) is 9.07. The highest BCUT2D eigenvalue weighted by Gasteiger charge is 2.20. The molecule has 134 valence electrons. The Morgan fingerprint density at radius 2 is 2.08 bits per heavy atom. The van der Waals surface area contributed by atoms with Gasteiger partial charge in [-0.05, 0) is 24.6 Å². The first-order valence-corrected chi connectivity index (χ1v) is 8.42. The Balaban J connectivity index is 2.69. The van der Waals surface area contributed by atoms with Crippen molar-refractivity contribution in [1.82, 2.24) is 4.90 Å². The zero-order valence-corrected chi connectivity index (χ0v) is 15.4. The van der Waals surface area contributed by atoms with Crippen LogP contribution in [0.4, 0.5) is 5.69 Å². The minimum Gasteiger partial charge on any atom is -0.380 e. The molecule has 2 amide bonds. The molecule has 0 aromatic heterocycles. The monoisotopic (exact) mass is 375 g/mol. The van der Waals surface area contributed by atoms with Crippen molar-refractivity contribution in [3.8, 4) is 0 Å². The lowest BCUT2D eigenvalue weighted by atomic mass is 10.2. The highest BCUT2D eigenvalue weighted by molar-refractivity contribution is 6.36. The van der Waals surface area contributed by atoms with E-state index in [1.807, 2.05) is 6.92 Å². The van der Waals surface area contributed by atoms with E-state index in [-0.39, 0.29) is 37.4 Å². The second-order valence-corrected chi connectivity index (χ2v) is 6.13. The number of methoxy groups -OCH3 is 1. The van der Waals surface area contributed by atoms with Gasteiger partial charge in [-0.25, -0.2) is 0 Å². The van der Waals surface area contributed by atoms with Gasteiger partial charge < -0.3 is 20.7 Å². The molecule has 0 saturated heterocycles. The predicted octanol–water partition coefficient (Wildman–Crippen LogP) is 2.53. The third-order valence-electron chi connectivity index (χ3n) is 3.38. The van der Waals surface area contributed by atoms with E-state index in [1.165, 1.54) is 18.1 Å². The van der Waals surface area contributed by atoms with E-state index >= 15 is 0 Å². The Morgan fingerprint density at radius 1 is 1.38 bits per heavy atom. The topological polar surface area (TPSA) is 84.7 Å². The summed E-state index contributed by atoms with van der Waals surface area (Å²) in [6.07, 6.45) is 0.522. The lowest BCUT2D eigenvalue weighted by Crippen LogP contribution is -2.41. The van der Waals surface area contributed by atoms with Crippen molar-refractivity contribution in [2.75, 3.05) is 32.1 Å². The smallest absolute Gasteiger partial charge is 0.244 e. The van der Waals surface area contributed by atoms with E-state index in [0.29, 0.717) is 22.3 Å². The fraction of sp³-hybridized carbons (Fsp3) is 0.500. The fourth-order valence-electron chi connectivity index (χ4n) is 2.10. The molecular formula is C16H23Cl2N3O3. The van der Waals surface area contributed by atoms with Gasteiger partial charge in [0.25, 0.3) is 0 Å². The first kappa shape index (κ1) is 20.7. The van der Waals surface area contributed by atoms with Crippen molar-refractivity contribution < 1.29 is 14.3 Å². The van der Waals surface area contributed by atoms with Gasteiger partial charge in [-0.2, -0.15) is 0 Å². The quantitative estimate of drug-likeness (QED) is 0.694. The van der Waals surface area contributed by atoms with Crippen LogP contribution in [-0.2, 0) is 14.3 Å². The van der Waals surface area contributed by atoms with Gasteiger partial charge in [-0.3, -0.25) is 9.59 Å². The van der Waals surface area contributed by atoms with Crippen LogP contribution in [-0.4, -0.2) is 49.6 Å². The fourth-order valence-corrected chi connectivity index (χ4v) is 2.56. The first-order valence-electron chi connectivity index (χ1n) is 7.66. The molecule has 0 heterocycles. The van der Waals surface area contributed by atoms with Crippen LogP contribution < -0.4 is 11.1 Å². The van der Waals surface area contributed by atoms with E-state index < -0.39 is 0 Å². The number of hydrogen-bond donors (Lipinski definition) is 2. The summed E-state index contributed by atoms with van der Waals surface area (Å²) in [5.41, 5.74) is 5.99. The summed E-state index contributed by atoms with van der Waals surface area (Å²) in [6.45, 7) is 2.59. The van der Waals surface area contributed by atoms with Crippen LogP contribution in [0.2, 0.25) is 10.0 Å². The van der Waals surface area contributed by atoms with E-state index in [2.05, 4.69) is 5.32 Å². The standard InChI is InChI=1S/C16H23Cl2N3O3/c1-3-6-21(16(23)8-12(9-19)24-2)10-15(22)20-14-5-4-11(17)7-13(14)18/h4-5,7,12H,3,6,8-10,19H2,1-2H3,(H,20,22). The van der Waals surface area contributed by atoms with Crippen LogP contribution in [0.5, 0.6) is 0 Å². The number of rotatable bonds is 9. The Hall–Kier alpha value is -1.34. The van der Waals surface area contributed by atoms with E-state index in [0.717, 1.165) is 6.42 Å². The van der Waals surface area contributed by atoms with Gasteiger partial charge in [0.2, 0.25) is 11.8 Å². The van der Waals surface area contributed by atoms with Crippen LogP contribution >= 0.6 is 23.2 Å². The largest absolute Gasteiger partial charge is 0.380 e. The van der Waals surface area contributed by atoms with Crippen molar-refractivity contribution in [2.45, 2.75) is 25.9 Å². The zero-order valence-electron chi connectivity index (χ0n) is 13.9. The first-order chi connectivity index (χ1) is 11.4. The highest BCUT2D eigenvalue weighted by atomic mass is 35.5. The van der Waals surface area contributed by atoms with Gasteiger partial charge in [0, 0.05) is 25.2 Å². The van der Waals surface area contributed by atoms with Crippen LogP contribution in [0.25, 0.3) is 0 Å². The molecule has 0 spiro atoms. The van der Waals surface area contributed by atoms with Gasteiger partial charge in [0.05, 0.1) is 29.8 Å². The van der Waals surface area contributed by atoms with E-state index in [4.69, 9.17) is 33.7 Å². The van der Waals surface area contributed by atoms with Crippen molar-refractivity contribution in [2.24, 2.45) is 5.73 Å². The molecule has 8 heteroatoms. The van der Waals surface area contributed by atoms with Crippen LogP contribution in [0.1, 0.15) is 19.8 Å². The van der Waals surface area contributed by atoms with Gasteiger partial charge in [0.15, 0.2) is 0 Å². The summed E-state index contributed by atoms with van der Waals surface area (Å²) in [7, 11) is 1.50. The van der Waals surface area contributed by atoms with Crippen LogP contribution in [0, 0.1) is 0 Å². The third kappa shape index (κ3) is 6.65. The summed E-state index contributed by atoms with van der Waals surface area (Å²) >= 11 is 11.9. The lowest BCUT2D eigenvalue weighted by molar-refractivity contribution is -0.136. The summed E-state index contributed by atoms with van der Waals surface area (Å²) in [4.78, 5) is 26.0. The number of hydrogen-bond acceptors (Lipinski definition) is 4. The molecule has 0 radical (unpaired) electrons. The van der Waals surface area contributed by atoms with Gasteiger partial charge in [-0.15, -0.1) is 0 Å². The minimum absolute atomic E-state index is 0.0629. The zero-order chi connectivity index (χ0) is 18.1. The molecule has 1 rings (SSSR count). The predicted molar refractivity (Wildman–Crippen MR) is 96.4 cm³/mol. The molecule has 3 N–H and O–H groups in total. The molecule has 0 bridgehead atoms. The van der Waals surface area contributed by atoms with E-state index in [1.54, 1.807) is 12.1 Å². The summed E-state index contributed by atoms with van der Waals surface area (Å²) in [6, 6.07) is 4.78. The molecule has 0 aliphatic carbocycles. The molecule has 1 aromatic carbocycles. The second-order valence-electron chi connectivity index (χ2n) is 5.29. The average Bonchev–Trinajstić information content (AvgIpc) is 2.54. The molecule has 0 aliphatic rings. The Labute approximate surface area is 152 Å². The number of halogens is 2. The third-order valence-corrected chi connectivity index (χ3v) is 3.93. The lowest BCUT2D eigenvalue weighted by Gasteiger charge is -2.23. The summed E-state index contributed by atoms with van der Waals surface area (Å²) in [5.74, 6) is -0.505. The summed E-state index contributed by atoms with van der Waals surface area (Å²) in [5, 5.41) is 3.50. The second kappa shape index (κ2) is 10.5. The number of carbonyl (C=O) groups excluding carboxylic acids is 2. The Morgan fingerprint density at radius 3 is 2.62 bits per heavy atom. The number of benzene rings is 1. The van der Waals surface area contributed by atoms with Gasteiger partial charge in [-0.1, -0.05) is 30.1 Å². The number of nitrogens with two attached hydrogens (primary N) is 1. The maximum atomic E-state index is 12.3. The van der Waals surface area contributed by atoms with Crippen LogP contribution in [0.15, 0.2) is 18.2 Å².